The van der Waals surface area contributed by atoms with Gasteiger partial charge in [0.1, 0.15) is 0 Å². The topological polar surface area (TPSA) is 82.1 Å². The van der Waals surface area contributed by atoms with Gasteiger partial charge in [-0.3, -0.25) is 9.59 Å². The van der Waals surface area contributed by atoms with Crippen molar-refractivity contribution in [3.63, 3.8) is 0 Å². The van der Waals surface area contributed by atoms with Crippen LogP contribution in [-0.2, 0) is 23.8 Å². The maximum atomic E-state index is 12.8. The molecule has 0 saturated carbocycles. The summed E-state index contributed by atoms with van der Waals surface area (Å²) >= 11 is 0. The fourth-order valence-corrected chi connectivity index (χ4v) is 4.01. The van der Waals surface area contributed by atoms with Crippen LogP contribution in [0.1, 0.15) is 67.2 Å². The maximum absolute atomic E-state index is 12.8. The molecule has 0 heterocycles. The van der Waals surface area contributed by atoms with Gasteiger partial charge in [0.15, 0.2) is 11.9 Å². The molecule has 1 rings (SSSR count). The first-order valence-corrected chi connectivity index (χ1v) is 11.2. The highest BCUT2D eigenvalue weighted by atomic mass is 16.6. The zero-order valence-electron chi connectivity index (χ0n) is 20.9. The molecule has 4 atom stereocenters. The summed E-state index contributed by atoms with van der Waals surface area (Å²) in [4.78, 5) is 24.5. The van der Waals surface area contributed by atoms with Crippen molar-refractivity contribution in [2.45, 2.75) is 79.4 Å². The van der Waals surface area contributed by atoms with Crippen LogP contribution in [0.2, 0.25) is 0 Å². The van der Waals surface area contributed by atoms with Crippen LogP contribution < -0.4 is 0 Å². The summed E-state index contributed by atoms with van der Waals surface area (Å²) in [6.07, 6.45) is 7.99. The fraction of sp³-hybridized carbons (Fsp3) is 0.615. The monoisotopic (exact) mass is 448 g/mol. The summed E-state index contributed by atoms with van der Waals surface area (Å²) < 4.78 is 16.2. The van der Waals surface area contributed by atoms with Crippen LogP contribution in [0, 0.1) is 11.8 Å². The molecule has 1 aliphatic carbocycles. The third-order valence-corrected chi connectivity index (χ3v) is 5.69. The number of ketones is 1. The van der Waals surface area contributed by atoms with Gasteiger partial charge in [-0.25, -0.2) is 0 Å². The van der Waals surface area contributed by atoms with Crippen LogP contribution in [0.4, 0.5) is 0 Å². The second-order valence-electron chi connectivity index (χ2n) is 8.84. The van der Waals surface area contributed by atoms with Gasteiger partial charge in [-0.2, -0.15) is 0 Å². The molecule has 0 bridgehead atoms. The Hall–Kier alpha value is -2.34. The first kappa shape index (κ1) is 27.7. The molecule has 0 aromatic heterocycles. The highest BCUT2D eigenvalue weighted by Gasteiger charge is 2.44. The number of hydrogen-bond donors (Lipinski definition) is 1. The van der Waals surface area contributed by atoms with Crippen LogP contribution >= 0.6 is 0 Å². The Morgan fingerprint density at radius 1 is 1.06 bits per heavy atom. The van der Waals surface area contributed by atoms with Crippen molar-refractivity contribution in [1.29, 1.82) is 0 Å². The van der Waals surface area contributed by atoms with E-state index in [1.165, 1.54) is 26.7 Å². The SMILES string of the molecule is COC1=C(OC)[C@H](OC(C)=O)[C@H](CC=C(C)CCC=C(C)C[C@H](O)C=C(C)C)[C@@H](C)C1=O. The summed E-state index contributed by atoms with van der Waals surface area (Å²) in [5.74, 6) is -0.766. The number of rotatable bonds is 11. The molecule has 6 heteroatoms. The molecule has 32 heavy (non-hydrogen) atoms. The minimum atomic E-state index is -0.664. The number of methoxy groups -OCH3 is 2. The molecule has 0 aromatic rings. The molecule has 0 aliphatic heterocycles. The number of aliphatic hydroxyl groups excluding tert-OH is 1. The summed E-state index contributed by atoms with van der Waals surface area (Å²) in [5.41, 5.74) is 3.46. The molecule has 0 radical (unpaired) electrons. The van der Waals surface area contributed by atoms with Crippen molar-refractivity contribution < 1.29 is 28.9 Å². The quantitative estimate of drug-likeness (QED) is 0.352. The van der Waals surface area contributed by atoms with E-state index in [9.17, 15) is 14.7 Å². The van der Waals surface area contributed by atoms with Crippen LogP contribution in [0.25, 0.3) is 0 Å². The van der Waals surface area contributed by atoms with Gasteiger partial charge in [-0.05, 0) is 53.4 Å². The Morgan fingerprint density at radius 3 is 2.25 bits per heavy atom. The minimum absolute atomic E-state index is 0.124. The zero-order chi connectivity index (χ0) is 24.4. The van der Waals surface area contributed by atoms with E-state index in [-0.39, 0.29) is 29.1 Å². The second-order valence-corrected chi connectivity index (χ2v) is 8.84. The molecule has 0 spiro atoms. The second kappa shape index (κ2) is 13.3. The van der Waals surface area contributed by atoms with Crippen molar-refractivity contribution >= 4 is 11.8 Å². The predicted octanol–water partition coefficient (Wildman–Crippen LogP) is 5.04. The number of ether oxygens (including phenoxy) is 3. The van der Waals surface area contributed by atoms with Gasteiger partial charge in [0, 0.05) is 18.8 Å². The molecule has 1 aliphatic rings. The summed E-state index contributed by atoms with van der Waals surface area (Å²) in [6.45, 7) is 11.2. The first-order valence-electron chi connectivity index (χ1n) is 11.2. The highest BCUT2D eigenvalue weighted by molar-refractivity contribution is 5.97. The summed E-state index contributed by atoms with van der Waals surface area (Å²) in [6, 6.07) is 0. The number of Topliss-reactive ketones (excluding diaryl/α,β-unsaturated/α-hetero) is 1. The molecular formula is C26H40O6. The normalized spacial score (nSPS) is 23.0. The van der Waals surface area contributed by atoms with E-state index in [0.29, 0.717) is 12.8 Å². The average molecular weight is 449 g/mol. The standard InChI is InChI=1S/C26H40O6/c1-16(2)14-21(28)15-18(4)11-9-10-17(3)12-13-22-19(5)23(29)25(30-7)26(31-8)24(22)32-20(6)27/h11-12,14,19,21-22,24,28H,9-10,13,15H2,1-8H3/t19-,21-,22-,24-/m1/s1. The lowest BCUT2D eigenvalue weighted by Gasteiger charge is -2.35. The van der Waals surface area contributed by atoms with Crippen molar-refractivity contribution in [1.82, 2.24) is 0 Å². The Labute approximate surface area is 193 Å². The van der Waals surface area contributed by atoms with Gasteiger partial charge in [0.2, 0.25) is 11.5 Å². The Morgan fingerprint density at radius 2 is 1.72 bits per heavy atom. The molecule has 1 N–H and O–H groups in total. The number of hydrogen-bond acceptors (Lipinski definition) is 6. The van der Waals surface area contributed by atoms with Crippen molar-refractivity contribution in [2.24, 2.45) is 11.8 Å². The molecule has 0 aromatic carbocycles. The van der Waals surface area contributed by atoms with E-state index in [4.69, 9.17) is 14.2 Å². The van der Waals surface area contributed by atoms with E-state index in [0.717, 1.165) is 24.0 Å². The number of aliphatic hydroxyl groups is 1. The lowest BCUT2D eigenvalue weighted by Crippen LogP contribution is -2.42. The summed E-state index contributed by atoms with van der Waals surface area (Å²) in [7, 11) is 2.87. The molecule has 0 fully saturated rings. The van der Waals surface area contributed by atoms with E-state index < -0.39 is 18.2 Å². The van der Waals surface area contributed by atoms with Crippen LogP contribution in [0.3, 0.4) is 0 Å². The van der Waals surface area contributed by atoms with Crippen molar-refractivity contribution in [2.75, 3.05) is 14.2 Å². The van der Waals surface area contributed by atoms with E-state index in [2.05, 4.69) is 19.1 Å². The maximum Gasteiger partial charge on any atom is 0.303 e. The fourth-order valence-electron chi connectivity index (χ4n) is 4.01. The molecule has 6 nitrogen and oxygen atoms in total. The first-order chi connectivity index (χ1) is 15.0. The Bertz CT molecular complexity index is 782. The Kier molecular flexibility index (Phi) is 11.5. The molecule has 0 unspecified atom stereocenters. The predicted molar refractivity (Wildman–Crippen MR) is 126 cm³/mol. The smallest absolute Gasteiger partial charge is 0.303 e. The largest absolute Gasteiger partial charge is 0.493 e. The van der Waals surface area contributed by atoms with Gasteiger partial charge >= 0.3 is 5.97 Å². The van der Waals surface area contributed by atoms with Crippen LogP contribution in [0.15, 0.2) is 46.5 Å². The summed E-state index contributed by atoms with van der Waals surface area (Å²) in [5, 5.41) is 10.0. The number of esters is 1. The van der Waals surface area contributed by atoms with E-state index in [1.54, 1.807) is 0 Å². The highest BCUT2D eigenvalue weighted by Crippen LogP contribution is 2.37. The number of carbonyl (C=O) groups excluding carboxylic acids is 2. The van der Waals surface area contributed by atoms with Gasteiger partial charge in [0.25, 0.3) is 0 Å². The van der Waals surface area contributed by atoms with Crippen LogP contribution in [0.5, 0.6) is 0 Å². The van der Waals surface area contributed by atoms with E-state index >= 15 is 0 Å². The van der Waals surface area contributed by atoms with E-state index in [1.807, 2.05) is 33.8 Å². The van der Waals surface area contributed by atoms with Gasteiger partial charge in [-0.15, -0.1) is 0 Å². The minimum Gasteiger partial charge on any atom is -0.493 e. The number of allylic oxidation sites excluding steroid dienone is 5. The lowest BCUT2D eigenvalue weighted by molar-refractivity contribution is -0.153. The van der Waals surface area contributed by atoms with Gasteiger partial charge in [0.05, 0.1) is 20.3 Å². The third-order valence-electron chi connectivity index (χ3n) is 5.69. The molecular weight excluding hydrogens is 408 g/mol. The number of carbonyl (C=O) groups is 2. The lowest BCUT2D eigenvalue weighted by atomic mass is 9.77. The Balaban J connectivity index is 2.86. The molecule has 0 amide bonds. The zero-order valence-corrected chi connectivity index (χ0v) is 20.9. The van der Waals surface area contributed by atoms with Gasteiger partial charge < -0.3 is 19.3 Å². The van der Waals surface area contributed by atoms with Crippen molar-refractivity contribution in [3.8, 4) is 0 Å². The van der Waals surface area contributed by atoms with Gasteiger partial charge in [-0.1, -0.05) is 41.9 Å². The third kappa shape index (κ3) is 8.30. The van der Waals surface area contributed by atoms with Crippen LogP contribution in [-0.4, -0.2) is 43.3 Å². The molecule has 0 saturated heterocycles. The molecule has 180 valence electrons. The average Bonchev–Trinajstić information content (AvgIpc) is 2.68. The van der Waals surface area contributed by atoms with Crippen molar-refractivity contribution in [3.05, 3.63) is 46.5 Å².